The van der Waals surface area contributed by atoms with Crippen molar-refractivity contribution >= 4 is 10.0 Å². The largest absolute Gasteiger partial charge is 0.392 e. The molecule has 0 aliphatic carbocycles. The Bertz CT molecular complexity index is 501. The molecule has 1 rings (SSSR count). The fourth-order valence-corrected chi connectivity index (χ4v) is 3.29. The second kappa shape index (κ2) is 4.76. The molecule has 0 bridgehead atoms. The van der Waals surface area contributed by atoms with Gasteiger partial charge < -0.3 is 5.11 Å². The van der Waals surface area contributed by atoms with E-state index in [-0.39, 0.29) is 11.5 Å². The molecule has 2 N–H and O–H groups in total. The molecule has 0 aromatic heterocycles. The molecule has 0 saturated carbocycles. The highest BCUT2D eigenvalue weighted by Gasteiger charge is 2.23. The standard InChI is InChI=1S/C12H19NO3S/c1-9-10(8-14)6-5-7-11(9)17(15,16)13-12(2,3)4/h5-7,13-14H,8H2,1-4H3. The van der Waals surface area contributed by atoms with Gasteiger partial charge in [-0.3, -0.25) is 0 Å². The number of hydrogen-bond acceptors (Lipinski definition) is 3. The molecule has 0 aliphatic rings. The van der Waals surface area contributed by atoms with Crippen LogP contribution >= 0.6 is 0 Å². The first-order valence-electron chi connectivity index (χ1n) is 5.41. The summed E-state index contributed by atoms with van der Waals surface area (Å²) < 4.78 is 26.9. The molecular formula is C12H19NO3S. The highest BCUT2D eigenvalue weighted by atomic mass is 32.2. The molecule has 0 heterocycles. The zero-order chi connectivity index (χ0) is 13.3. The summed E-state index contributed by atoms with van der Waals surface area (Å²) in [5.41, 5.74) is 0.689. The molecule has 1 aromatic rings. The van der Waals surface area contributed by atoms with Gasteiger partial charge in [-0.2, -0.15) is 0 Å². The molecule has 0 atom stereocenters. The Morgan fingerprint density at radius 1 is 1.29 bits per heavy atom. The fraction of sp³-hybridized carbons (Fsp3) is 0.500. The third kappa shape index (κ3) is 3.52. The minimum absolute atomic E-state index is 0.162. The molecule has 4 nitrogen and oxygen atoms in total. The van der Waals surface area contributed by atoms with Crippen LogP contribution in [0.1, 0.15) is 31.9 Å². The number of sulfonamides is 1. The number of aliphatic hydroxyl groups is 1. The molecule has 17 heavy (non-hydrogen) atoms. The topological polar surface area (TPSA) is 66.4 Å². The van der Waals surface area contributed by atoms with E-state index in [9.17, 15) is 8.42 Å². The zero-order valence-electron chi connectivity index (χ0n) is 10.6. The second-order valence-electron chi connectivity index (χ2n) is 5.05. The van der Waals surface area contributed by atoms with Gasteiger partial charge in [-0.25, -0.2) is 13.1 Å². The summed E-state index contributed by atoms with van der Waals surface area (Å²) >= 11 is 0. The number of rotatable bonds is 3. The molecule has 5 heteroatoms. The van der Waals surface area contributed by atoms with Gasteiger partial charge in [0.15, 0.2) is 0 Å². The van der Waals surface area contributed by atoms with E-state index in [2.05, 4.69) is 4.72 Å². The first-order chi connectivity index (χ1) is 7.67. The Labute approximate surface area is 103 Å². The molecule has 1 aromatic carbocycles. The number of hydrogen-bond donors (Lipinski definition) is 2. The van der Waals surface area contributed by atoms with Crippen LogP contribution in [-0.2, 0) is 16.6 Å². The second-order valence-corrected chi connectivity index (χ2v) is 6.70. The average molecular weight is 257 g/mol. The van der Waals surface area contributed by atoms with Crippen molar-refractivity contribution in [3.8, 4) is 0 Å². The summed E-state index contributed by atoms with van der Waals surface area (Å²) in [5, 5.41) is 9.13. The smallest absolute Gasteiger partial charge is 0.241 e. The number of nitrogens with one attached hydrogen (secondary N) is 1. The first kappa shape index (κ1) is 14.2. The highest BCUT2D eigenvalue weighted by molar-refractivity contribution is 7.89. The summed E-state index contributed by atoms with van der Waals surface area (Å²) in [7, 11) is -3.54. The van der Waals surface area contributed by atoms with Crippen LogP contribution in [0.4, 0.5) is 0 Å². The van der Waals surface area contributed by atoms with E-state index in [0.717, 1.165) is 0 Å². The molecular weight excluding hydrogens is 238 g/mol. The minimum Gasteiger partial charge on any atom is -0.392 e. The van der Waals surface area contributed by atoms with Crippen LogP contribution in [0.2, 0.25) is 0 Å². The van der Waals surface area contributed by atoms with E-state index >= 15 is 0 Å². The van der Waals surface area contributed by atoms with Crippen molar-refractivity contribution in [2.45, 2.75) is 44.7 Å². The Balaban J connectivity index is 3.25. The van der Waals surface area contributed by atoms with Gasteiger partial charge in [0.1, 0.15) is 0 Å². The van der Waals surface area contributed by atoms with Crippen LogP contribution in [0, 0.1) is 6.92 Å². The summed E-state index contributed by atoms with van der Waals surface area (Å²) in [6.45, 7) is 6.90. The quantitative estimate of drug-likeness (QED) is 0.863. The molecule has 0 fully saturated rings. The van der Waals surface area contributed by atoms with Crippen LogP contribution in [0.25, 0.3) is 0 Å². The SMILES string of the molecule is Cc1c(CO)cccc1S(=O)(=O)NC(C)(C)C. The van der Waals surface area contributed by atoms with Crippen molar-refractivity contribution in [3.63, 3.8) is 0 Å². The first-order valence-corrected chi connectivity index (χ1v) is 6.89. The molecule has 96 valence electrons. The van der Waals surface area contributed by atoms with Crippen molar-refractivity contribution in [3.05, 3.63) is 29.3 Å². The summed E-state index contributed by atoms with van der Waals surface area (Å²) in [6.07, 6.45) is 0. The molecule has 0 aliphatic heterocycles. The van der Waals surface area contributed by atoms with Gasteiger partial charge in [-0.05, 0) is 44.9 Å². The summed E-state index contributed by atoms with van der Waals surface area (Å²) in [6, 6.07) is 4.89. The van der Waals surface area contributed by atoms with Crippen molar-refractivity contribution < 1.29 is 13.5 Å². The third-order valence-corrected chi connectivity index (χ3v) is 4.20. The van der Waals surface area contributed by atoms with E-state index in [1.165, 1.54) is 0 Å². The maximum absolute atomic E-state index is 12.1. The van der Waals surface area contributed by atoms with Crippen LogP contribution in [0.3, 0.4) is 0 Å². The van der Waals surface area contributed by atoms with Crippen LogP contribution in [0.5, 0.6) is 0 Å². The van der Waals surface area contributed by atoms with E-state index in [1.54, 1.807) is 45.9 Å². The van der Waals surface area contributed by atoms with Crippen molar-refractivity contribution in [2.24, 2.45) is 0 Å². The zero-order valence-corrected chi connectivity index (χ0v) is 11.4. The van der Waals surface area contributed by atoms with Crippen LogP contribution < -0.4 is 4.72 Å². The van der Waals surface area contributed by atoms with Gasteiger partial charge in [0, 0.05) is 5.54 Å². The van der Waals surface area contributed by atoms with Gasteiger partial charge in [0.05, 0.1) is 11.5 Å². The van der Waals surface area contributed by atoms with Gasteiger partial charge in [-0.15, -0.1) is 0 Å². The van der Waals surface area contributed by atoms with Gasteiger partial charge in [-0.1, -0.05) is 12.1 Å². The van der Waals surface area contributed by atoms with Crippen LogP contribution in [-0.4, -0.2) is 19.1 Å². The van der Waals surface area contributed by atoms with E-state index < -0.39 is 15.6 Å². The lowest BCUT2D eigenvalue weighted by Gasteiger charge is -2.21. The maximum Gasteiger partial charge on any atom is 0.241 e. The highest BCUT2D eigenvalue weighted by Crippen LogP contribution is 2.20. The van der Waals surface area contributed by atoms with E-state index in [0.29, 0.717) is 11.1 Å². The molecule has 0 saturated heterocycles. The van der Waals surface area contributed by atoms with Gasteiger partial charge >= 0.3 is 0 Å². The van der Waals surface area contributed by atoms with Gasteiger partial charge in [0.2, 0.25) is 10.0 Å². The van der Waals surface area contributed by atoms with E-state index in [4.69, 9.17) is 5.11 Å². The van der Waals surface area contributed by atoms with E-state index in [1.807, 2.05) is 0 Å². The van der Waals surface area contributed by atoms with Crippen LogP contribution in [0.15, 0.2) is 23.1 Å². The Hall–Kier alpha value is -0.910. The normalized spacial score (nSPS) is 12.8. The Morgan fingerprint density at radius 2 is 1.88 bits per heavy atom. The molecule has 0 unspecified atom stereocenters. The lowest BCUT2D eigenvalue weighted by molar-refractivity contribution is 0.280. The molecule has 0 radical (unpaired) electrons. The third-order valence-electron chi connectivity index (χ3n) is 2.30. The van der Waals surface area contributed by atoms with Crippen molar-refractivity contribution in [1.82, 2.24) is 4.72 Å². The van der Waals surface area contributed by atoms with Crippen molar-refractivity contribution in [1.29, 1.82) is 0 Å². The van der Waals surface area contributed by atoms with Gasteiger partial charge in [0.25, 0.3) is 0 Å². The van der Waals surface area contributed by atoms with Crippen molar-refractivity contribution in [2.75, 3.05) is 0 Å². The Kier molecular flexibility index (Phi) is 3.96. The lowest BCUT2D eigenvalue weighted by Crippen LogP contribution is -2.40. The lowest BCUT2D eigenvalue weighted by atomic mass is 10.1. The Morgan fingerprint density at radius 3 is 2.35 bits per heavy atom. The maximum atomic E-state index is 12.1. The molecule has 0 amide bonds. The molecule has 0 spiro atoms. The average Bonchev–Trinajstić information content (AvgIpc) is 2.14. The predicted molar refractivity (Wildman–Crippen MR) is 67.2 cm³/mol. The number of benzene rings is 1. The predicted octanol–water partition coefficient (Wildman–Crippen LogP) is 1.56. The monoisotopic (exact) mass is 257 g/mol. The number of aliphatic hydroxyl groups excluding tert-OH is 1. The fourth-order valence-electron chi connectivity index (χ4n) is 1.58. The summed E-state index contributed by atoms with van der Waals surface area (Å²) in [5.74, 6) is 0. The minimum atomic E-state index is -3.54. The summed E-state index contributed by atoms with van der Waals surface area (Å²) in [4.78, 5) is 0.221.